The van der Waals surface area contributed by atoms with Gasteiger partial charge in [0.1, 0.15) is 5.76 Å². The average Bonchev–Trinajstić information content (AvgIpc) is 2.77. The van der Waals surface area contributed by atoms with Crippen LogP contribution in [0.15, 0.2) is 34.9 Å². The minimum atomic E-state index is -1.10. The smallest absolute Gasteiger partial charge is 0.311 e. The highest BCUT2D eigenvalue weighted by molar-refractivity contribution is 5.84. The second-order valence-electron chi connectivity index (χ2n) is 4.66. The molecule has 2 N–H and O–H groups in total. The van der Waals surface area contributed by atoms with Gasteiger partial charge >= 0.3 is 5.97 Å². The molecule has 1 aromatic heterocycles. The highest BCUT2D eigenvalue weighted by Crippen LogP contribution is 2.19. The van der Waals surface area contributed by atoms with Gasteiger partial charge in [-0.25, -0.2) is 0 Å². The number of benzene rings is 1. The number of hydrogen-bond acceptors (Lipinski definition) is 5. The van der Waals surface area contributed by atoms with Crippen LogP contribution in [0.3, 0.4) is 0 Å². The number of aryl methyl sites for hydroxylation is 2. The Morgan fingerprint density at radius 1 is 1.29 bits per heavy atom. The lowest BCUT2D eigenvalue weighted by Crippen LogP contribution is -2.26. The van der Waals surface area contributed by atoms with Gasteiger partial charge in [-0.05, 0) is 13.8 Å². The number of hydrogen-bond donors (Lipinski definition) is 1. The normalized spacial score (nSPS) is 11.9. The number of primary amides is 1. The minimum absolute atomic E-state index is 0.0161. The van der Waals surface area contributed by atoms with E-state index in [4.69, 9.17) is 15.0 Å². The molecule has 1 amide bonds. The maximum atomic E-state index is 12.0. The molecule has 0 aliphatic heterocycles. The zero-order valence-electron chi connectivity index (χ0n) is 11.8. The van der Waals surface area contributed by atoms with Gasteiger partial charge in [0.2, 0.25) is 6.10 Å². The molecule has 0 bridgehead atoms. The van der Waals surface area contributed by atoms with E-state index in [0.717, 1.165) is 0 Å². The summed E-state index contributed by atoms with van der Waals surface area (Å²) in [6.45, 7) is 3.45. The molecule has 1 heterocycles. The first-order chi connectivity index (χ1) is 9.99. The maximum Gasteiger partial charge on any atom is 0.311 e. The number of rotatable bonds is 5. The van der Waals surface area contributed by atoms with Gasteiger partial charge in [-0.15, -0.1) is 0 Å². The van der Waals surface area contributed by atoms with Crippen molar-refractivity contribution in [3.63, 3.8) is 0 Å². The number of esters is 1. The van der Waals surface area contributed by atoms with Crippen molar-refractivity contribution < 1.29 is 18.8 Å². The standard InChI is InChI=1S/C15H16N2O4/c1-9-12(10(2)21-17-9)8-13(18)20-14(15(16)19)11-6-4-3-5-7-11/h3-7,14H,8H2,1-2H3,(H2,16,19)/t14-/m1/s1. The van der Waals surface area contributed by atoms with E-state index in [1.807, 2.05) is 0 Å². The fraction of sp³-hybridized carbons (Fsp3) is 0.267. The summed E-state index contributed by atoms with van der Waals surface area (Å²) in [7, 11) is 0. The molecule has 21 heavy (non-hydrogen) atoms. The van der Waals surface area contributed by atoms with Gasteiger partial charge in [0, 0.05) is 11.1 Å². The van der Waals surface area contributed by atoms with Crippen LogP contribution in [0, 0.1) is 13.8 Å². The third-order valence-electron chi connectivity index (χ3n) is 3.11. The third kappa shape index (κ3) is 3.47. The lowest BCUT2D eigenvalue weighted by molar-refractivity contribution is -0.154. The lowest BCUT2D eigenvalue weighted by Gasteiger charge is -2.14. The SMILES string of the molecule is Cc1noc(C)c1CC(=O)O[C@@H](C(N)=O)c1ccccc1. The molecule has 0 spiro atoms. The van der Waals surface area contributed by atoms with E-state index in [-0.39, 0.29) is 6.42 Å². The zero-order valence-corrected chi connectivity index (χ0v) is 11.8. The molecule has 0 unspecified atom stereocenters. The maximum absolute atomic E-state index is 12.0. The van der Waals surface area contributed by atoms with Crippen LogP contribution in [-0.4, -0.2) is 17.0 Å². The summed E-state index contributed by atoms with van der Waals surface area (Å²) in [6, 6.07) is 8.64. The lowest BCUT2D eigenvalue weighted by atomic mass is 10.1. The van der Waals surface area contributed by atoms with Gasteiger partial charge in [-0.1, -0.05) is 35.5 Å². The van der Waals surface area contributed by atoms with E-state index in [1.54, 1.807) is 44.2 Å². The number of nitrogens with two attached hydrogens (primary N) is 1. The van der Waals surface area contributed by atoms with Crippen LogP contribution in [0.1, 0.15) is 28.7 Å². The fourth-order valence-corrected chi connectivity index (χ4v) is 1.99. The topological polar surface area (TPSA) is 95.4 Å². The first-order valence-corrected chi connectivity index (χ1v) is 6.44. The van der Waals surface area contributed by atoms with Crippen LogP contribution in [0.25, 0.3) is 0 Å². The molecule has 0 saturated heterocycles. The van der Waals surface area contributed by atoms with Crippen molar-refractivity contribution in [2.75, 3.05) is 0 Å². The van der Waals surface area contributed by atoms with Crippen LogP contribution in [0.5, 0.6) is 0 Å². The number of aromatic nitrogens is 1. The molecular formula is C15H16N2O4. The Morgan fingerprint density at radius 3 is 2.48 bits per heavy atom. The van der Waals surface area contributed by atoms with Crippen LogP contribution < -0.4 is 5.73 Å². The Labute approximate surface area is 121 Å². The summed E-state index contributed by atoms with van der Waals surface area (Å²) in [6.07, 6.45) is -1.11. The van der Waals surface area contributed by atoms with Crippen molar-refractivity contribution in [1.29, 1.82) is 0 Å². The van der Waals surface area contributed by atoms with Gasteiger partial charge in [0.25, 0.3) is 5.91 Å². The Balaban J connectivity index is 2.11. The number of amides is 1. The van der Waals surface area contributed by atoms with Crippen molar-refractivity contribution in [3.05, 3.63) is 52.9 Å². The second-order valence-corrected chi connectivity index (χ2v) is 4.66. The van der Waals surface area contributed by atoms with E-state index in [1.165, 1.54) is 0 Å². The van der Waals surface area contributed by atoms with Crippen molar-refractivity contribution in [3.8, 4) is 0 Å². The predicted octanol–water partition coefficient (Wildman–Crippen LogP) is 1.60. The quantitative estimate of drug-likeness (QED) is 0.843. The van der Waals surface area contributed by atoms with Crippen molar-refractivity contribution in [1.82, 2.24) is 5.16 Å². The van der Waals surface area contributed by atoms with Gasteiger partial charge in [0.15, 0.2) is 0 Å². The zero-order chi connectivity index (χ0) is 15.4. The van der Waals surface area contributed by atoms with Gasteiger partial charge in [-0.3, -0.25) is 9.59 Å². The molecule has 1 aromatic carbocycles. The van der Waals surface area contributed by atoms with Crippen molar-refractivity contribution in [2.45, 2.75) is 26.4 Å². The predicted molar refractivity (Wildman–Crippen MR) is 74.2 cm³/mol. The summed E-state index contributed by atoms with van der Waals surface area (Å²) in [5, 5.41) is 3.77. The molecule has 2 aromatic rings. The van der Waals surface area contributed by atoms with Crippen LogP contribution in [-0.2, 0) is 20.7 Å². The first kappa shape index (κ1) is 14.8. The molecule has 2 rings (SSSR count). The molecule has 6 nitrogen and oxygen atoms in total. The van der Waals surface area contributed by atoms with Crippen LogP contribution >= 0.6 is 0 Å². The van der Waals surface area contributed by atoms with E-state index < -0.39 is 18.0 Å². The molecule has 0 fully saturated rings. The monoisotopic (exact) mass is 288 g/mol. The molecule has 0 radical (unpaired) electrons. The molecule has 110 valence electrons. The second kappa shape index (κ2) is 6.21. The highest BCUT2D eigenvalue weighted by atomic mass is 16.5. The van der Waals surface area contributed by atoms with Gasteiger partial charge in [-0.2, -0.15) is 0 Å². The van der Waals surface area contributed by atoms with E-state index in [0.29, 0.717) is 22.6 Å². The number of carbonyl (C=O) groups is 2. The summed E-state index contributed by atoms with van der Waals surface area (Å²) < 4.78 is 10.2. The Bertz CT molecular complexity index is 629. The van der Waals surface area contributed by atoms with E-state index >= 15 is 0 Å². The first-order valence-electron chi connectivity index (χ1n) is 6.44. The van der Waals surface area contributed by atoms with Gasteiger partial charge < -0.3 is 15.0 Å². The van der Waals surface area contributed by atoms with Crippen molar-refractivity contribution >= 4 is 11.9 Å². The Hall–Kier alpha value is -2.63. The summed E-state index contributed by atoms with van der Waals surface area (Å²) in [5.74, 6) is -0.717. The minimum Gasteiger partial charge on any atom is -0.447 e. The molecular weight excluding hydrogens is 272 g/mol. The molecule has 6 heteroatoms. The van der Waals surface area contributed by atoms with Gasteiger partial charge in [0.05, 0.1) is 12.1 Å². The van der Waals surface area contributed by atoms with Crippen LogP contribution in [0.2, 0.25) is 0 Å². The molecule has 0 aliphatic rings. The number of nitrogens with zero attached hydrogens (tertiary/aromatic N) is 1. The third-order valence-corrected chi connectivity index (χ3v) is 3.11. The summed E-state index contributed by atoms with van der Waals surface area (Å²) >= 11 is 0. The highest BCUT2D eigenvalue weighted by Gasteiger charge is 2.23. The summed E-state index contributed by atoms with van der Waals surface area (Å²) in [4.78, 5) is 23.5. The molecule has 0 saturated carbocycles. The van der Waals surface area contributed by atoms with E-state index in [9.17, 15) is 9.59 Å². The average molecular weight is 288 g/mol. The van der Waals surface area contributed by atoms with Crippen LogP contribution in [0.4, 0.5) is 0 Å². The number of carbonyl (C=O) groups excluding carboxylic acids is 2. The van der Waals surface area contributed by atoms with E-state index in [2.05, 4.69) is 5.16 Å². The summed E-state index contributed by atoms with van der Waals surface area (Å²) in [5.41, 5.74) is 7.13. The Kier molecular flexibility index (Phi) is 4.37. The van der Waals surface area contributed by atoms with Crippen molar-refractivity contribution in [2.24, 2.45) is 5.73 Å². The molecule has 1 atom stereocenters. The number of ether oxygens (including phenoxy) is 1. The Morgan fingerprint density at radius 2 is 1.95 bits per heavy atom. The molecule has 0 aliphatic carbocycles. The largest absolute Gasteiger partial charge is 0.447 e. The fourth-order valence-electron chi connectivity index (χ4n) is 1.99.